The first-order chi connectivity index (χ1) is 9.78. The smallest absolute Gasteiger partial charge is 0.172 e. The second-order valence-electron chi connectivity index (χ2n) is 4.36. The summed E-state index contributed by atoms with van der Waals surface area (Å²) in [6.45, 7) is 2.11. The van der Waals surface area contributed by atoms with Crippen molar-refractivity contribution in [3.05, 3.63) is 41.3 Å². The molecule has 0 aliphatic carbocycles. The van der Waals surface area contributed by atoms with E-state index in [9.17, 15) is 0 Å². The van der Waals surface area contributed by atoms with E-state index in [0.717, 1.165) is 39.6 Å². The van der Waals surface area contributed by atoms with Gasteiger partial charge in [0.25, 0.3) is 0 Å². The number of para-hydroxylation sites is 2. The van der Waals surface area contributed by atoms with E-state index in [1.54, 1.807) is 0 Å². The molecule has 0 radical (unpaired) electrons. The van der Waals surface area contributed by atoms with Crippen LogP contribution in [0.3, 0.4) is 0 Å². The van der Waals surface area contributed by atoms with E-state index in [-0.39, 0.29) is 0 Å². The van der Waals surface area contributed by atoms with Gasteiger partial charge in [-0.2, -0.15) is 0 Å². The predicted octanol–water partition coefficient (Wildman–Crippen LogP) is 4.11. The molecule has 3 rings (SSSR count). The van der Waals surface area contributed by atoms with Crippen molar-refractivity contribution in [1.29, 1.82) is 0 Å². The number of benzene rings is 1. The molecule has 20 heavy (non-hydrogen) atoms. The molecule has 1 N–H and O–H groups in total. The van der Waals surface area contributed by atoms with Crippen molar-refractivity contribution >= 4 is 34.4 Å². The Bertz CT molecular complexity index is 708. The Labute approximate surface area is 126 Å². The summed E-state index contributed by atoms with van der Waals surface area (Å²) in [5.41, 5.74) is 2.96. The number of hydrogen-bond donors (Lipinski definition) is 1. The van der Waals surface area contributed by atoms with E-state index in [2.05, 4.69) is 26.9 Å². The number of rotatable bonds is 4. The lowest BCUT2D eigenvalue weighted by Gasteiger charge is -2.06. The van der Waals surface area contributed by atoms with Crippen LogP contribution in [-0.2, 0) is 6.42 Å². The van der Waals surface area contributed by atoms with Gasteiger partial charge in [0.1, 0.15) is 16.5 Å². The second kappa shape index (κ2) is 5.81. The number of H-pyrrole nitrogens is 1. The van der Waals surface area contributed by atoms with Gasteiger partial charge >= 0.3 is 0 Å². The van der Waals surface area contributed by atoms with Crippen molar-refractivity contribution in [3.8, 4) is 0 Å². The van der Waals surface area contributed by atoms with Gasteiger partial charge in [0.05, 0.1) is 11.0 Å². The molecule has 0 aliphatic heterocycles. The van der Waals surface area contributed by atoms with Gasteiger partial charge in [-0.15, -0.1) is 0 Å². The zero-order valence-electron chi connectivity index (χ0n) is 10.9. The summed E-state index contributed by atoms with van der Waals surface area (Å²) in [6.07, 6.45) is 3.36. The average molecular weight is 305 g/mol. The van der Waals surface area contributed by atoms with Crippen LogP contribution in [0, 0.1) is 0 Å². The predicted molar refractivity (Wildman–Crippen MR) is 81.3 cm³/mol. The molecule has 0 bridgehead atoms. The van der Waals surface area contributed by atoms with Crippen molar-refractivity contribution < 1.29 is 0 Å². The first-order valence-electron chi connectivity index (χ1n) is 6.40. The molecule has 0 amide bonds. The normalized spacial score (nSPS) is 11.1. The van der Waals surface area contributed by atoms with Crippen LogP contribution in [0.1, 0.15) is 18.9 Å². The third-order valence-corrected chi connectivity index (χ3v) is 4.17. The highest BCUT2D eigenvalue weighted by Crippen LogP contribution is 2.31. The minimum absolute atomic E-state index is 0.528. The third-order valence-electron chi connectivity index (χ3n) is 2.91. The Hall–Kier alpha value is -1.59. The van der Waals surface area contributed by atoms with Gasteiger partial charge in [0, 0.05) is 5.56 Å². The lowest BCUT2D eigenvalue weighted by atomic mass is 10.2. The molecule has 0 spiro atoms. The Morgan fingerprint density at radius 2 is 2.10 bits per heavy atom. The molecule has 0 atom stereocenters. The largest absolute Gasteiger partial charge is 0.333 e. The molecule has 6 heteroatoms. The summed E-state index contributed by atoms with van der Waals surface area (Å²) in [7, 11) is 0. The number of aromatic nitrogens is 4. The third kappa shape index (κ3) is 2.64. The van der Waals surface area contributed by atoms with Crippen LogP contribution in [0.5, 0.6) is 0 Å². The maximum absolute atomic E-state index is 6.16. The number of nitrogens with one attached hydrogen (secondary N) is 1. The fourth-order valence-electron chi connectivity index (χ4n) is 1.99. The standard InChI is InChI=1S/C14H13ClN4S/c1-2-5-9-12(15)16-8-17-13(9)20-14-18-10-6-3-4-7-11(10)19-14/h3-4,6-8H,2,5H2,1H3,(H,18,19). The average Bonchev–Trinajstić information content (AvgIpc) is 2.85. The molecule has 4 nitrogen and oxygen atoms in total. The maximum atomic E-state index is 6.16. The van der Waals surface area contributed by atoms with Crippen molar-refractivity contribution in [3.63, 3.8) is 0 Å². The molecule has 3 aromatic rings. The van der Waals surface area contributed by atoms with Crippen LogP contribution >= 0.6 is 23.4 Å². The number of fused-ring (bicyclic) bond motifs is 1. The van der Waals surface area contributed by atoms with E-state index in [4.69, 9.17) is 11.6 Å². The van der Waals surface area contributed by atoms with Crippen molar-refractivity contribution in [2.45, 2.75) is 29.9 Å². The van der Waals surface area contributed by atoms with Crippen LogP contribution in [0.15, 0.2) is 40.8 Å². The van der Waals surface area contributed by atoms with E-state index < -0.39 is 0 Å². The Morgan fingerprint density at radius 1 is 1.25 bits per heavy atom. The SMILES string of the molecule is CCCc1c(Cl)ncnc1Sc1nc2ccccc2[nH]1. The monoisotopic (exact) mass is 304 g/mol. The number of nitrogens with zero attached hydrogens (tertiary/aromatic N) is 3. The number of hydrogen-bond acceptors (Lipinski definition) is 4. The zero-order valence-corrected chi connectivity index (χ0v) is 12.5. The minimum Gasteiger partial charge on any atom is -0.333 e. The Balaban J connectivity index is 1.96. The minimum atomic E-state index is 0.528. The molecule has 2 heterocycles. The molecular formula is C14H13ClN4S. The van der Waals surface area contributed by atoms with Crippen LogP contribution in [-0.4, -0.2) is 19.9 Å². The van der Waals surface area contributed by atoms with Crippen molar-refractivity contribution in [2.75, 3.05) is 0 Å². The zero-order chi connectivity index (χ0) is 13.9. The Kier molecular flexibility index (Phi) is 3.89. The van der Waals surface area contributed by atoms with Crippen LogP contribution in [0.2, 0.25) is 5.15 Å². The second-order valence-corrected chi connectivity index (χ2v) is 5.69. The van der Waals surface area contributed by atoms with E-state index >= 15 is 0 Å². The van der Waals surface area contributed by atoms with Gasteiger partial charge < -0.3 is 4.98 Å². The topological polar surface area (TPSA) is 54.5 Å². The summed E-state index contributed by atoms with van der Waals surface area (Å²) in [4.78, 5) is 16.2. The lowest BCUT2D eigenvalue weighted by Crippen LogP contribution is -1.95. The fourth-order valence-corrected chi connectivity index (χ4v) is 3.19. The molecule has 0 saturated carbocycles. The number of aromatic amines is 1. The van der Waals surface area contributed by atoms with Crippen molar-refractivity contribution in [2.24, 2.45) is 0 Å². The highest BCUT2D eigenvalue weighted by atomic mass is 35.5. The summed E-state index contributed by atoms with van der Waals surface area (Å²) in [6, 6.07) is 7.95. The molecule has 0 aliphatic rings. The van der Waals surface area contributed by atoms with Crippen LogP contribution in [0.4, 0.5) is 0 Å². The first kappa shape index (κ1) is 13.4. The quantitative estimate of drug-likeness (QED) is 0.737. The molecule has 0 saturated heterocycles. The molecule has 2 aromatic heterocycles. The van der Waals surface area contributed by atoms with E-state index in [1.165, 1.54) is 18.1 Å². The van der Waals surface area contributed by atoms with Gasteiger partial charge in [-0.05, 0) is 30.3 Å². The summed E-state index contributed by atoms with van der Waals surface area (Å²) < 4.78 is 0. The van der Waals surface area contributed by atoms with Gasteiger partial charge in [-0.1, -0.05) is 37.1 Å². The molecule has 0 unspecified atom stereocenters. The van der Waals surface area contributed by atoms with Crippen LogP contribution in [0.25, 0.3) is 11.0 Å². The lowest BCUT2D eigenvalue weighted by molar-refractivity contribution is 0.854. The van der Waals surface area contributed by atoms with E-state index in [1.807, 2.05) is 24.3 Å². The number of halogens is 1. The highest BCUT2D eigenvalue weighted by molar-refractivity contribution is 7.99. The van der Waals surface area contributed by atoms with Crippen LogP contribution < -0.4 is 0 Å². The first-order valence-corrected chi connectivity index (χ1v) is 7.59. The highest BCUT2D eigenvalue weighted by Gasteiger charge is 2.12. The van der Waals surface area contributed by atoms with Gasteiger partial charge in [0.2, 0.25) is 0 Å². The fraction of sp³-hybridized carbons (Fsp3) is 0.214. The van der Waals surface area contributed by atoms with Crippen molar-refractivity contribution in [1.82, 2.24) is 19.9 Å². The Morgan fingerprint density at radius 3 is 2.90 bits per heavy atom. The molecule has 1 aromatic carbocycles. The summed E-state index contributed by atoms with van der Waals surface area (Å²) in [5.74, 6) is 0. The molecular weight excluding hydrogens is 292 g/mol. The molecule has 0 fully saturated rings. The summed E-state index contributed by atoms with van der Waals surface area (Å²) in [5, 5.41) is 2.21. The van der Waals surface area contributed by atoms with Gasteiger partial charge in [0.15, 0.2) is 5.16 Å². The molecule has 102 valence electrons. The number of imidazole rings is 1. The summed E-state index contributed by atoms with van der Waals surface area (Å²) >= 11 is 7.65. The van der Waals surface area contributed by atoms with E-state index in [0.29, 0.717) is 5.15 Å². The van der Waals surface area contributed by atoms with Gasteiger partial charge in [-0.3, -0.25) is 0 Å². The van der Waals surface area contributed by atoms with Gasteiger partial charge in [-0.25, -0.2) is 15.0 Å². The maximum Gasteiger partial charge on any atom is 0.172 e.